The summed E-state index contributed by atoms with van der Waals surface area (Å²) in [5.41, 5.74) is 6.34. The molecule has 0 saturated carbocycles. The summed E-state index contributed by atoms with van der Waals surface area (Å²) < 4.78 is 14.1. The van der Waals surface area contributed by atoms with Gasteiger partial charge in [0.15, 0.2) is 0 Å². The molecule has 0 saturated heterocycles. The first-order valence-corrected chi connectivity index (χ1v) is 7.33. The molecule has 0 aromatic heterocycles. The predicted molar refractivity (Wildman–Crippen MR) is 89.4 cm³/mol. The van der Waals surface area contributed by atoms with E-state index in [-0.39, 0.29) is 20.0 Å². The monoisotopic (exact) mass is 386 g/mol. The number of nitrogens with two attached hydrogens (primary N) is 1. The van der Waals surface area contributed by atoms with Crippen LogP contribution in [0.5, 0.6) is 0 Å². The number of hydrogen-bond donors (Lipinski definition) is 2. The van der Waals surface area contributed by atoms with E-state index in [0.29, 0.717) is 11.3 Å². The summed E-state index contributed by atoms with van der Waals surface area (Å²) in [6, 6.07) is 9.19. The molecule has 0 aliphatic carbocycles. The Morgan fingerprint density at radius 3 is 2.67 bits per heavy atom. The van der Waals surface area contributed by atoms with Gasteiger partial charge in [-0.2, -0.15) is 0 Å². The van der Waals surface area contributed by atoms with Gasteiger partial charge in [0.1, 0.15) is 10.8 Å². The van der Waals surface area contributed by atoms with Gasteiger partial charge in [-0.05, 0) is 46.3 Å². The lowest BCUT2D eigenvalue weighted by atomic mass is 10.1. The molecule has 0 bridgehead atoms. The molecule has 0 spiro atoms. The minimum Gasteiger partial charge on any atom is -0.389 e. The van der Waals surface area contributed by atoms with Crippen LogP contribution in [-0.2, 0) is 0 Å². The summed E-state index contributed by atoms with van der Waals surface area (Å²) >= 11 is 13.9. The number of carbonyl (C=O) groups excluding carboxylic acids is 1. The highest BCUT2D eigenvalue weighted by molar-refractivity contribution is 9.10. The zero-order chi connectivity index (χ0) is 15.6. The first-order chi connectivity index (χ1) is 9.90. The Hall–Kier alpha value is -1.50. The van der Waals surface area contributed by atoms with Crippen LogP contribution in [0.1, 0.15) is 15.9 Å². The summed E-state index contributed by atoms with van der Waals surface area (Å²) in [7, 11) is 0. The summed E-state index contributed by atoms with van der Waals surface area (Å²) in [5.74, 6) is -1.23. The van der Waals surface area contributed by atoms with Gasteiger partial charge in [-0.3, -0.25) is 4.79 Å². The van der Waals surface area contributed by atoms with Crippen molar-refractivity contribution in [1.82, 2.24) is 0 Å². The first kappa shape index (κ1) is 15.9. The third kappa shape index (κ3) is 3.58. The van der Waals surface area contributed by atoms with E-state index in [1.54, 1.807) is 18.2 Å². The third-order valence-corrected chi connectivity index (χ3v) is 3.86. The Morgan fingerprint density at radius 1 is 1.33 bits per heavy atom. The van der Waals surface area contributed by atoms with Crippen molar-refractivity contribution in [3.63, 3.8) is 0 Å². The van der Waals surface area contributed by atoms with Crippen LogP contribution >= 0.6 is 39.7 Å². The number of amides is 1. The maximum absolute atomic E-state index is 13.9. The van der Waals surface area contributed by atoms with Gasteiger partial charge in [0, 0.05) is 5.56 Å². The molecule has 0 radical (unpaired) electrons. The summed E-state index contributed by atoms with van der Waals surface area (Å²) in [5, 5.41) is 2.81. The molecule has 108 valence electrons. The Morgan fingerprint density at radius 2 is 2.05 bits per heavy atom. The Balaban J connectivity index is 2.28. The lowest BCUT2D eigenvalue weighted by Gasteiger charge is -2.09. The van der Waals surface area contributed by atoms with Crippen molar-refractivity contribution in [3.05, 3.63) is 62.8 Å². The van der Waals surface area contributed by atoms with Gasteiger partial charge in [0.05, 0.1) is 20.7 Å². The van der Waals surface area contributed by atoms with Gasteiger partial charge in [-0.15, -0.1) is 0 Å². The van der Waals surface area contributed by atoms with Crippen LogP contribution in [-0.4, -0.2) is 10.9 Å². The van der Waals surface area contributed by atoms with E-state index in [0.717, 1.165) is 0 Å². The molecule has 0 aliphatic rings. The lowest BCUT2D eigenvalue weighted by molar-refractivity contribution is 0.102. The zero-order valence-corrected chi connectivity index (χ0v) is 13.7. The summed E-state index contributed by atoms with van der Waals surface area (Å²) in [6.45, 7) is 0. The summed E-state index contributed by atoms with van der Waals surface area (Å²) in [4.78, 5) is 12.3. The largest absolute Gasteiger partial charge is 0.389 e. The molecule has 0 fully saturated rings. The molecule has 2 aromatic carbocycles. The molecule has 0 aliphatic heterocycles. The van der Waals surface area contributed by atoms with Crippen LogP contribution in [0.25, 0.3) is 0 Å². The van der Waals surface area contributed by atoms with E-state index in [1.807, 2.05) is 0 Å². The van der Waals surface area contributed by atoms with Gasteiger partial charge in [0.2, 0.25) is 0 Å². The number of benzene rings is 2. The van der Waals surface area contributed by atoms with Crippen molar-refractivity contribution < 1.29 is 9.18 Å². The highest BCUT2D eigenvalue weighted by Crippen LogP contribution is 2.25. The molecule has 3 nitrogen and oxygen atoms in total. The topological polar surface area (TPSA) is 55.1 Å². The Labute approximate surface area is 139 Å². The molecule has 21 heavy (non-hydrogen) atoms. The van der Waals surface area contributed by atoms with Gasteiger partial charge in [-0.25, -0.2) is 4.39 Å². The second-order valence-corrected chi connectivity index (χ2v) is 5.82. The Kier molecular flexibility index (Phi) is 4.92. The lowest BCUT2D eigenvalue weighted by Crippen LogP contribution is -2.15. The number of rotatable bonds is 3. The minimum atomic E-state index is -0.633. The Bertz CT molecular complexity index is 739. The fourth-order valence-corrected chi connectivity index (χ4v) is 2.36. The zero-order valence-electron chi connectivity index (χ0n) is 10.5. The molecule has 3 N–H and O–H groups in total. The maximum atomic E-state index is 13.9. The van der Waals surface area contributed by atoms with Crippen LogP contribution in [0.3, 0.4) is 0 Å². The van der Waals surface area contributed by atoms with Crippen LogP contribution in [0.2, 0.25) is 5.02 Å². The maximum Gasteiger partial charge on any atom is 0.258 e. The molecule has 0 atom stereocenters. The van der Waals surface area contributed by atoms with Crippen molar-refractivity contribution in [3.8, 4) is 0 Å². The molecule has 2 aromatic rings. The highest BCUT2D eigenvalue weighted by Gasteiger charge is 2.15. The predicted octanol–water partition coefficient (Wildman–Crippen LogP) is 4.13. The van der Waals surface area contributed by atoms with E-state index < -0.39 is 11.7 Å². The van der Waals surface area contributed by atoms with Gasteiger partial charge < -0.3 is 11.1 Å². The average Bonchev–Trinajstić information content (AvgIpc) is 2.43. The molecular formula is C14H9BrClFN2OS. The molecule has 1 amide bonds. The van der Waals surface area contributed by atoms with E-state index in [4.69, 9.17) is 29.6 Å². The van der Waals surface area contributed by atoms with E-state index >= 15 is 0 Å². The van der Waals surface area contributed by atoms with Crippen LogP contribution < -0.4 is 11.1 Å². The van der Waals surface area contributed by atoms with Crippen molar-refractivity contribution in [2.75, 3.05) is 5.32 Å². The second-order valence-electron chi connectivity index (χ2n) is 4.11. The minimum absolute atomic E-state index is 0.0844. The molecule has 2 rings (SSSR count). The van der Waals surface area contributed by atoms with Crippen LogP contribution in [0.15, 0.2) is 40.9 Å². The van der Waals surface area contributed by atoms with Gasteiger partial charge >= 0.3 is 0 Å². The second kappa shape index (κ2) is 6.51. The number of hydrogen-bond acceptors (Lipinski definition) is 2. The molecule has 0 unspecified atom stereocenters. The molecule has 7 heteroatoms. The van der Waals surface area contributed by atoms with Gasteiger partial charge in [0.25, 0.3) is 5.91 Å². The number of carbonyl (C=O) groups is 1. The number of thiocarbonyl (C=S) groups is 1. The summed E-state index contributed by atoms with van der Waals surface area (Å²) in [6.07, 6.45) is 0. The van der Waals surface area contributed by atoms with Crippen molar-refractivity contribution >= 4 is 56.3 Å². The first-order valence-electron chi connectivity index (χ1n) is 5.75. The van der Waals surface area contributed by atoms with Gasteiger partial charge in [-0.1, -0.05) is 29.9 Å². The fraction of sp³-hybridized carbons (Fsp3) is 0. The van der Waals surface area contributed by atoms with E-state index in [9.17, 15) is 9.18 Å². The number of anilines is 1. The fourth-order valence-electron chi connectivity index (χ4n) is 1.64. The third-order valence-electron chi connectivity index (χ3n) is 2.70. The normalized spacial score (nSPS) is 10.2. The SMILES string of the molecule is NC(=S)c1ccc(NC(=O)c2cccc(Br)c2F)c(Cl)c1. The van der Waals surface area contributed by atoms with Crippen LogP contribution in [0.4, 0.5) is 10.1 Å². The van der Waals surface area contributed by atoms with E-state index in [2.05, 4.69) is 21.2 Å². The highest BCUT2D eigenvalue weighted by atomic mass is 79.9. The van der Waals surface area contributed by atoms with Crippen molar-refractivity contribution in [2.45, 2.75) is 0 Å². The molecule has 0 heterocycles. The van der Waals surface area contributed by atoms with Crippen LogP contribution in [0, 0.1) is 5.82 Å². The number of nitrogens with one attached hydrogen (secondary N) is 1. The van der Waals surface area contributed by atoms with E-state index in [1.165, 1.54) is 18.2 Å². The standard InChI is InChI=1S/C14H9BrClFN2OS/c15-9-3-1-2-8(12(9)17)14(20)19-11-5-4-7(13(18)21)6-10(11)16/h1-6H,(H2,18,21)(H,19,20). The quantitative estimate of drug-likeness (QED) is 0.779. The average molecular weight is 388 g/mol. The van der Waals surface area contributed by atoms with Crippen molar-refractivity contribution in [1.29, 1.82) is 0 Å². The molecular weight excluding hydrogens is 379 g/mol. The number of halogens is 3. The smallest absolute Gasteiger partial charge is 0.258 e. The van der Waals surface area contributed by atoms with Crippen molar-refractivity contribution in [2.24, 2.45) is 5.73 Å².